The van der Waals surface area contributed by atoms with E-state index in [-0.39, 0.29) is 36.1 Å². The highest BCUT2D eigenvalue weighted by atomic mass is 16.5. The molecule has 0 bridgehead atoms. The Morgan fingerprint density at radius 3 is 2.90 bits per heavy atom. The molecule has 41 heavy (non-hydrogen) atoms. The van der Waals surface area contributed by atoms with Crippen LogP contribution in [0.25, 0.3) is 0 Å². The molecule has 1 aromatic rings. The second kappa shape index (κ2) is 11.9. The van der Waals surface area contributed by atoms with Gasteiger partial charge in [0.25, 0.3) is 0 Å². The van der Waals surface area contributed by atoms with Crippen molar-refractivity contribution in [3.05, 3.63) is 36.4 Å². The van der Waals surface area contributed by atoms with Crippen molar-refractivity contribution in [1.29, 1.82) is 5.26 Å². The third-order valence-corrected chi connectivity index (χ3v) is 10.1. The highest BCUT2D eigenvalue weighted by molar-refractivity contribution is 5.87. The molecule has 10 heteroatoms. The van der Waals surface area contributed by atoms with E-state index in [1.807, 2.05) is 17.0 Å². The minimum absolute atomic E-state index is 0.0796. The third-order valence-electron chi connectivity index (χ3n) is 10.1. The largest absolute Gasteiger partial charge is 0.497 e. The van der Waals surface area contributed by atoms with Gasteiger partial charge >= 0.3 is 0 Å². The zero-order valence-corrected chi connectivity index (χ0v) is 24.4. The summed E-state index contributed by atoms with van der Waals surface area (Å²) in [6.45, 7) is 7.45. The van der Waals surface area contributed by atoms with Crippen LogP contribution in [0.15, 0.2) is 30.9 Å². The number of methoxy groups -OCH3 is 1. The number of nitrogens with zero attached hydrogens (tertiary/aromatic N) is 4. The first-order valence-corrected chi connectivity index (χ1v) is 15.2. The Bertz CT molecular complexity index is 1170. The third kappa shape index (κ3) is 5.71. The molecule has 5 aliphatic rings. The molecule has 6 unspecified atom stereocenters. The normalized spacial score (nSPS) is 35.4. The van der Waals surface area contributed by atoms with Crippen LogP contribution >= 0.6 is 0 Å². The number of rotatable bonds is 7. The molecule has 1 aromatic carbocycles. The Morgan fingerprint density at radius 2 is 2.15 bits per heavy atom. The van der Waals surface area contributed by atoms with Crippen LogP contribution in [0.3, 0.4) is 0 Å². The number of nitrogens with one attached hydrogen (secondary N) is 2. The van der Waals surface area contributed by atoms with Crippen molar-refractivity contribution in [3.63, 3.8) is 0 Å². The number of likely N-dealkylation sites (N-methyl/N-ethyl adjacent to an activating group) is 1. The van der Waals surface area contributed by atoms with Gasteiger partial charge in [-0.05, 0) is 63.6 Å². The predicted molar refractivity (Wildman–Crippen MR) is 154 cm³/mol. The van der Waals surface area contributed by atoms with Crippen molar-refractivity contribution in [1.82, 2.24) is 25.3 Å². The molecule has 222 valence electrons. The molecule has 7 atom stereocenters. The van der Waals surface area contributed by atoms with E-state index in [1.165, 1.54) is 18.1 Å². The molecule has 1 spiro atoms. The van der Waals surface area contributed by atoms with Crippen molar-refractivity contribution in [2.24, 2.45) is 5.92 Å². The zero-order chi connectivity index (χ0) is 28.6. The van der Waals surface area contributed by atoms with E-state index in [0.717, 1.165) is 56.7 Å². The average molecular weight is 565 g/mol. The number of benzene rings is 1. The second-order valence-electron chi connectivity index (χ2n) is 12.5. The lowest BCUT2D eigenvalue weighted by molar-refractivity contribution is -0.138. The molecular formula is C31H44N6O4. The van der Waals surface area contributed by atoms with Gasteiger partial charge in [-0.1, -0.05) is 6.58 Å². The maximum absolute atomic E-state index is 12.5. The molecule has 1 aliphatic carbocycles. The summed E-state index contributed by atoms with van der Waals surface area (Å²) in [5.74, 6) is 2.08. The summed E-state index contributed by atoms with van der Waals surface area (Å²) in [6.07, 6.45) is 7.59. The summed E-state index contributed by atoms with van der Waals surface area (Å²) in [5, 5.41) is 17.2. The summed E-state index contributed by atoms with van der Waals surface area (Å²) in [6, 6.07) is 8.91. The first-order valence-electron chi connectivity index (χ1n) is 15.2. The van der Waals surface area contributed by atoms with Gasteiger partial charge in [0.2, 0.25) is 5.91 Å². The van der Waals surface area contributed by atoms with Crippen LogP contribution in [0.1, 0.15) is 44.1 Å². The standard InChI is InChI=1S/C31H44N6O4/c1-4-28(38)37-15-14-36(19-22(37)10-12-32)29-25-9-11-31(17-21-16-24(39-3)7-8-27(21)41-31)18-26(25)33-30(34-29)40-20-23-6-5-13-35(23)2/h4,7-8,16,22-23,25-26,29-30,33-34H,1,5-6,9-11,13-15,17-20H2,2-3H3/t22?,23?,25?,26?,29?,30?,31-/m1/s1. The van der Waals surface area contributed by atoms with E-state index in [0.29, 0.717) is 38.1 Å². The monoisotopic (exact) mass is 564 g/mol. The first-order chi connectivity index (χ1) is 19.9. The van der Waals surface area contributed by atoms with Gasteiger partial charge in [-0.25, -0.2) is 0 Å². The first kappa shape index (κ1) is 28.4. The van der Waals surface area contributed by atoms with E-state index < -0.39 is 0 Å². The highest BCUT2D eigenvalue weighted by Gasteiger charge is 2.52. The molecule has 2 N–H and O–H groups in total. The summed E-state index contributed by atoms with van der Waals surface area (Å²) in [5.41, 5.74) is 0.979. The van der Waals surface area contributed by atoms with E-state index >= 15 is 0 Å². The maximum Gasteiger partial charge on any atom is 0.246 e. The quantitative estimate of drug-likeness (QED) is 0.482. The van der Waals surface area contributed by atoms with Crippen molar-refractivity contribution in [3.8, 4) is 17.6 Å². The van der Waals surface area contributed by atoms with E-state index in [1.54, 1.807) is 7.11 Å². The summed E-state index contributed by atoms with van der Waals surface area (Å²) < 4.78 is 18.7. The van der Waals surface area contributed by atoms with Crippen LogP contribution in [0.2, 0.25) is 0 Å². The molecule has 3 saturated heterocycles. The van der Waals surface area contributed by atoms with Gasteiger partial charge in [-0.2, -0.15) is 5.26 Å². The molecular weight excluding hydrogens is 520 g/mol. The topological polar surface area (TPSA) is 102 Å². The Hall–Kier alpha value is -2.68. The van der Waals surface area contributed by atoms with Crippen molar-refractivity contribution >= 4 is 5.91 Å². The molecule has 0 aromatic heterocycles. The SMILES string of the molecule is C=CC(=O)N1CCN(C2NC(OCC3CCCN3C)NC3C[C@@]4(CCC32)Cc2cc(OC)ccc2O4)CC1CC#N. The van der Waals surface area contributed by atoms with Crippen LogP contribution in [0, 0.1) is 17.2 Å². The number of likely N-dealkylation sites (tertiary alicyclic amines) is 1. The molecule has 4 fully saturated rings. The number of carbonyl (C=O) groups is 1. The van der Waals surface area contributed by atoms with E-state index in [2.05, 4.69) is 46.2 Å². The molecule has 1 saturated carbocycles. The summed E-state index contributed by atoms with van der Waals surface area (Å²) in [4.78, 5) is 19.2. The number of hydrogen-bond acceptors (Lipinski definition) is 9. The van der Waals surface area contributed by atoms with Crippen LogP contribution in [-0.2, 0) is 16.0 Å². The lowest BCUT2D eigenvalue weighted by Gasteiger charge is -2.54. The fourth-order valence-corrected chi connectivity index (χ4v) is 7.85. The fourth-order valence-electron chi connectivity index (χ4n) is 7.85. The van der Waals surface area contributed by atoms with Crippen LogP contribution in [0.4, 0.5) is 0 Å². The number of amides is 1. The predicted octanol–water partition coefficient (Wildman–Crippen LogP) is 2.06. The van der Waals surface area contributed by atoms with Crippen molar-refractivity contribution in [2.45, 2.75) is 81.2 Å². The Labute approximate surface area is 243 Å². The number of nitriles is 1. The summed E-state index contributed by atoms with van der Waals surface area (Å²) >= 11 is 0. The minimum Gasteiger partial charge on any atom is -0.497 e. The number of piperazine rings is 1. The van der Waals surface area contributed by atoms with Crippen LogP contribution in [0.5, 0.6) is 11.5 Å². The number of ether oxygens (including phenoxy) is 3. The number of hydrogen-bond donors (Lipinski definition) is 2. The number of carbonyl (C=O) groups excluding carboxylic acids is 1. The molecule has 4 heterocycles. The van der Waals surface area contributed by atoms with Gasteiger partial charge < -0.3 is 24.0 Å². The molecule has 1 amide bonds. The van der Waals surface area contributed by atoms with E-state index in [9.17, 15) is 10.1 Å². The second-order valence-corrected chi connectivity index (χ2v) is 12.5. The maximum atomic E-state index is 12.5. The smallest absolute Gasteiger partial charge is 0.246 e. The molecule has 0 radical (unpaired) electrons. The van der Waals surface area contributed by atoms with E-state index in [4.69, 9.17) is 14.2 Å². The van der Waals surface area contributed by atoms with Crippen LogP contribution in [-0.4, -0.2) is 104 Å². The molecule has 10 nitrogen and oxygen atoms in total. The minimum atomic E-state index is -0.281. The Balaban J connectivity index is 1.20. The molecule has 4 aliphatic heterocycles. The van der Waals surface area contributed by atoms with Gasteiger partial charge in [-0.3, -0.25) is 20.3 Å². The fraction of sp³-hybridized carbons (Fsp3) is 0.677. The van der Waals surface area contributed by atoms with Gasteiger partial charge in [0.15, 0.2) is 6.35 Å². The lowest BCUT2D eigenvalue weighted by Crippen LogP contribution is -2.73. The van der Waals surface area contributed by atoms with Gasteiger partial charge in [0.05, 0.1) is 38.4 Å². The molecule has 6 rings (SSSR count). The van der Waals surface area contributed by atoms with Gasteiger partial charge in [0.1, 0.15) is 17.1 Å². The zero-order valence-electron chi connectivity index (χ0n) is 24.4. The summed E-state index contributed by atoms with van der Waals surface area (Å²) in [7, 11) is 3.88. The van der Waals surface area contributed by atoms with Crippen LogP contribution < -0.4 is 20.1 Å². The lowest BCUT2D eigenvalue weighted by atomic mass is 9.71. The van der Waals surface area contributed by atoms with Gasteiger partial charge in [0, 0.05) is 56.0 Å². The van der Waals surface area contributed by atoms with Crippen molar-refractivity contribution in [2.75, 3.05) is 46.9 Å². The number of fused-ring (bicyclic) bond motifs is 2. The highest BCUT2D eigenvalue weighted by Crippen LogP contribution is 2.47. The Kier molecular flexibility index (Phi) is 8.25. The average Bonchev–Trinajstić information content (AvgIpc) is 3.56. The van der Waals surface area contributed by atoms with Gasteiger partial charge in [-0.15, -0.1) is 0 Å². The van der Waals surface area contributed by atoms with Crippen molar-refractivity contribution < 1.29 is 19.0 Å². The Morgan fingerprint density at radius 1 is 1.27 bits per heavy atom.